The maximum absolute atomic E-state index is 9.12. The van der Waals surface area contributed by atoms with Gasteiger partial charge in [0, 0.05) is 17.9 Å². The highest BCUT2D eigenvalue weighted by molar-refractivity contribution is 6.58. The molecule has 0 spiro atoms. The van der Waals surface area contributed by atoms with E-state index in [-0.39, 0.29) is 7.69 Å². The fraction of sp³-hybridized carbons (Fsp3) is 0.143. The molecule has 2 rings (SSSR count). The van der Waals surface area contributed by atoms with Gasteiger partial charge in [0.2, 0.25) is 0 Å². The third-order valence-corrected chi connectivity index (χ3v) is 3.20. The molecule has 0 bridgehead atoms. The lowest BCUT2D eigenvalue weighted by atomic mass is 9.80. The molecule has 0 unspecified atom stereocenters. The van der Waals surface area contributed by atoms with E-state index >= 15 is 0 Å². The molecule has 0 aromatic heterocycles. The van der Waals surface area contributed by atoms with Crippen LogP contribution in [0.15, 0.2) is 48.5 Å². The molecule has 0 saturated carbocycles. The molecule has 2 aromatic rings. The number of benzene rings is 2. The van der Waals surface area contributed by atoms with Gasteiger partial charge in [0.25, 0.3) is 0 Å². The van der Waals surface area contributed by atoms with E-state index in [1.54, 1.807) is 24.3 Å². The average molecular weight is 285 g/mol. The molecule has 0 aliphatic carbocycles. The lowest BCUT2D eigenvalue weighted by Crippen LogP contribution is -2.29. The van der Waals surface area contributed by atoms with Crippen molar-refractivity contribution in [3.05, 3.63) is 48.5 Å². The minimum Gasteiger partial charge on any atom is -0.539 e. The number of hydrogen-bond acceptors (Lipinski definition) is 5. The van der Waals surface area contributed by atoms with Gasteiger partial charge in [0.05, 0.1) is 0 Å². The molecule has 7 heteroatoms. The van der Waals surface area contributed by atoms with Crippen LogP contribution < -0.4 is 15.0 Å². The Bertz CT molecular complexity index is 560. The molecule has 0 fully saturated rings. The van der Waals surface area contributed by atoms with Crippen LogP contribution in [0.5, 0.6) is 5.75 Å². The van der Waals surface area contributed by atoms with Gasteiger partial charge in [-0.05, 0) is 48.8 Å². The van der Waals surface area contributed by atoms with Crippen LogP contribution in [0, 0.1) is 0 Å². The zero-order chi connectivity index (χ0) is 15.2. The molecule has 0 saturated heterocycles. The second-order valence-corrected chi connectivity index (χ2v) is 4.48. The summed E-state index contributed by atoms with van der Waals surface area (Å²) in [5.74, 6) is 0.607. The first-order valence-electron chi connectivity index (χ1n) is 6.73. The predicted octanol–water partition coefficient (Wildman–Crippen LogP) is 0.162. The van der Waals surface area contributed by atoms with E-state index in [9.17, 15) is 0 Å². The minimum absolute atomic E-state index is 0.345. The molecule has 0 heterocycles. The van der Waals surface area contributed by atoms with Crippen LogP contribution in [-0.4, -0.2) is 36.4 Å². The molecule has 5 nitrogen and oxygen atoms in total. The molecule has 108 valence electrons. The smallest absolute Gasteiger partial charge is 0.504 e. The predicted molar refractivity (Wildman–Crippen MR) is 85.4 cm³/mol. The summed E-state index contributed by atoms with van der Waals surface area (Å²) in [6.07, 6.45) is 0. The Morgan fingerprint density at radius 3 is 1.95 bits per heavy atom. The van der Waals surface area contributed by atoms with Crippen LogP contribution in [0.1, 0.15) is 6.92 Å². The highest BCUT2D eigenvalue weighted by Crippen LogP contribution is 2.26. The molecule has 0 aliphatic heterocycles. The second-order valence-electron chi connectivity index (χ2n) is 4.48. The van der Waals surface area contributed by atoms with E-state index in [1.165, 1.54) is 0 Å². The Morgan fingerprint density at radius 2 is 1.52 bits per heavy atom. The third-order valence-electron chi connectivity index (χ3n) is 3.20. The fourth-order valence-corrected chi connectivity index (χ4v) is 2.14. The summed E-state index contributed by atoms with van der Waals surface area (Å²) in [5, 5.41) is 27.0. The summed E-state index contributed by atoms with van der Waals surface area (Å²) in [7, 11) is -1.80. The normalized spacial score (nSPS) is 10.1. The van der Waals surface area contributed by atoms with Crippen molar-refractivity contribution in [2.24, 2.45) is 0 Å². The van der Waals surface area contributed by atoms with E-state index in [1.807, 2.05) is 31.2 Å². The molecule has 3 N–H and O–H groups in total. The van der Waals surface area contributed by atoms with Crippen LogP contribution in [0.2, 0.25) is 0 Å². The molecule has 0 atom stereocenters. The van der Waals surface area contributed by atoms with Crippen LogP contribution in [0.25, 0.3) is 0 Å². The minimum atomic E-state index is -1.45. The van der Waals surface area contributed by atoms with Gasteiger partial charge in [-0.3, -0.25) is 0 Å². The maximum atomic E-state index is 9.12. The molecule has 0 amide bonds. The molecular weight excluding hydrogens is 268 g/mol. The quantitative estimate of drug-likeness (QED) is 0.659. The van der Waals surface area contributed by atoms with Crippen LogP contribution in [-0.2, 0) is 0 Å². The van der Waals surface area contributed by atoms with E-state index in [0.717, 1.165) is 17.9 Å². The Hall–Kier alpha value is -1.95. The van der Waals surface area contributed by atoms with Crippen molar-refractivity contribution in [2.75, 3.05) is 11.4 Å². The van der Waals surface area contributed by atoms with Crippen LogP contribution >= 0.6 is 0 Å². The van der Waals surface area contributed by atoms with E-state index in [2.05, 4.69) is 4.90 Å². The molecule has 2 aromatic carbocycles. The number of hydrogen-bond donors (Lipinski definition) is 3. The fourth-order valence-electron chi connectivity index (χ4n) is 2.14. The van der Waals surface area contributed by atoms with Crippen LogP contribution in [0.4, 0.5) is 11.4 Å². The largest absolute Gasteiger partial charge is 0.539 e. The number of nitrogens with zero attached hydrogens (tertiary/aromatic N) is 1. The van der Waals surface area contributed by atoms with E-state index in [4.69, 9.17) is 19.7 Å². The summed E-state index contributed by atoms with van der Waals surface area (Å²) in [4.78, 5) is 2.08. The molecule has 0 aliphatic rings. The highest BCUT2D eigenvalue weighted by atomic mass is 16.5. The first-order chi connectivity index (χ1) is 10.2. The van der Waals surface area contributed by atoms with Crippen molar-refractivity contribution >= 4 is 31.6 Å². The number of anilines is 2. The molecule has 0 radical (unpaired) electrons. The van der Waals surface area contributed by atoms with E-state index in [0.29, 0.717) is 11.2 Å². The summed E-state index contributed by atoms with van der Waals surface area (Å²) in [6, 6.07) is 14.5. The van der Waals surface area contributed by atoms with Crippen molar-refractivity contribution in [1.82, 2.24) is 0 Å². The van der Waals surface area contributed by atoms with Crippen molar-refractivity contribution in [2.45, 2.75) is 6.92 Å². The standard InChI is InChI=1S/C14H17B2NO4/c1-2-17(12-5-3-11(4-6-12)16(19)20)13-7-9-14(10-8-13)21-15-18/h3-10,15,18-20H,2H2,1H3. The van der Waals surface area contributed by atoms with Crippen molar-refractivity contribution < 1.29 is 19.7 Å². The monoisotopic (exact) mass is 285 g/mol. The third kappa shape index (κ3) is 3.78. The molecule has 21 heavy (non-hydrogen) atoms. The first-order valence-corrected chi connectivity index (χ1v) is 6.73. The van der Waals surface area contributed by atoms with Gasteiger partial charge < -0.3 is 24.6 Å². The van der Waals surface area contributed by atoms with Gasteiger partial charge in [-0.1, -0.05) is 12.1 Å². The zero-order valence-corrected chi connectivity index (χ0v) is 11.8. The summed E-state index contributed by atoms with van der Waals surface area (Å²) in [5.41, 5.74) is 2.40. The highest BCUT2D eigenvalue weighted by Gasteiger charge is 2.12. The lowest BCUT2D eigenvalue weighted by Gasteiger charge is -2.23. The van der Waals surface area contributed by atoms with Crippen molar-refractivity contribution in [3.63, 3.8) is 0 Å². The average Bonchev–Trinajstić information content (AvgIpc) is 2.50. The summed E-state index contributed by atoms with van der Waals surface area (Å²) in [6.45, 7) is 2.80. The van der Waals surface area contributed by atoms with Crippen molar-refractivity contribution in [1.29, 1.82) is 0 Å². The van der Waals surface area contributed by atoms with Gasteiger partial charge in [-0.15, -0.1) is 0 Å². The number of rotatable bonds is 6. The van der Waals surface area contributed by atoms with Gasteiger partial charge in [0.15, 0.2) is 0 Å². The molecular formula is C14H17B2NO4. The Morgan fingerprint density at radius 1 is 1.00 bits per heavy atom. The van der Waals surface area contributed by atoms with Gasteiger partial charge >= 0.3 is 14.8 Å². The zero-order valence-electron chi connectivity index (χ0n) is 11.8. The van der Waals surface area contributed by atoms with E-state index < -0.39 is 7.12 Å². The van der Waals surface area contributed by atoms with Crippen molar-refractivity contribution in [3.8, 4) is 5.75 Å². The first kappa shape index (κ1) is 15.4. The van der Waals surface area contributed by atoms with Gasteiger partial charge in [-0.25, -0.2) is 0 Å². The Kier molecular flexibility index (Phi) is 5.27. The topological polar surface area (TPSA) is 73.2 Å². The van der Waals surface area contributed by atoms with Crippen LogP contribution in [0.3, 0.4) is 0 Å². The lowest BCUT2D eigenvalue weighted by molar-refractivity contribution is 0.425. The second kappa shape index (κ2) is 7.17. The summed E-state index contributed by atoms with van der Waals surface area (Å²) < 4.78 is 5.00. The Balaban J connectivity index is 2.22. The Labute approximate surface area is 124 Å². The SMILES string of the molecule is CCN(c1ccc(OBO)cc1)c1ccc(B(O)O)cc1. The summed E-state index contributed by atoms with van der Waals surface area (Å²) >= 11 is 0. The van der Waals surface area contributed by atoms with Gasteiger partial charge in [0.1, 0.15) is 5.75 Å². The van der Waals surface area contributed by atoms with Gasteiger partial charge in [-0.2, -0.15) is 0 Å². The maximum Gasteiger partial charge on any atom is 0.504 e.